The van der Waals surface area contributed by atoms with Gasteiger partial charge in [-0.2, -0.15) is 0 Å². The number of rotatable bonds is 4. The van der Waals surface area contributed by atoms with Gasteiger partial charge in [0.05, 0.1) is 0 Å². The monoisotopic (exact) mass is 321 g/mol. The third kappa shape index (κ3) is 2.83. The molecular weight excluding hydrogens is 302 g/mol. The molecule has 4 nitrogen and oxygen atoms in total. The van der Waals surface area contributed by atoms with Gasteiger partial charge < -0.3 is 10.4 Å². The Hall–Kier alpha value is -2.88. The molecule has 0 unspecified atom stereocenters. The first kappa shape index (κ1) is 16.0. The molecule has 2 aromatic rings. The number of hydrogen-bond acceptors (Lipinski definition) is 2. The molecule has 4 heteroatoms. The molecule has 0 fully saturated rings. The molecule has 2 N–H and O–H groups in total. The quantitative estimate of drug-likeness (QED) is 0.666. The van der Waals surface area contributed by atoms with E-state index in [-0.39, 0.29) is 0 Å². The van der Waals surface area contributed by atoms with Crippen molar-refractivity contribution in [1.82, 2.24) is 5.32 Å². The molecule has 0 aliphatic heterocycles. The standard InChI is InChI=1S/C20H19NO3/c1-2-14-5-7-15(8-6-14)16-9-10-18-17(12-16)4-3-11-20(18,13-22)21-19(23)24/h3,5-13,21H,2,4H2,1H3,(H,23,24)/t20-/m1/s1. The first-order valence-corrected chi connectivity index (χ1v) is 7.96. The number of fused-ring (bicyclic) bond motifs is 1. The molecule has 0 spiro atoms. The molecule has 2 aromatic carbocycles. The molecule has 1 amide bonds. The number of hydrogen-bond donors (Lipinski definition) is 2. The minimum absolute atomic E-state index is 0.644. The zero-order chi connectivity index (χ0) is 17.2. The Kier molecular flexibility index (Phi) is 4.21. The summed E-state index contributed by atoms with van der Waals surface area (Å²) in [6, 6.07) is 14.2. The van der Waals surface area contributed by atoms with Crippen molar-refractivity contribution in [3.8, 4) is 11.1 Å². The number of aldehydes is 1. The van der Waals surface area contributed by atoms with Gasteiger partial charge in [0.1, 0.15) is 5.54 Å². The van der Waals surface area contributed by atoms with Crippen LogP contribution in [0.1, 0.15) is 23.6 Å². The van der Waals surface area contributed by atoms with E-state index in [4.69, 9.17) is 5.11 Å². The van der Waals surface area contributed by atoms with Gasteiger partial charge in [-0.25, -0.2) is 4.79 Å². The van der Waals surface area contributed by atoms with E-state index in [2.05, 4.69) is 36.5 Å². The molecule has 1 atom stereocenters. The molecule has 122 valence electrons. The maximum absolute atomic E-state index is 11.6. The van der Waals surface area contributed by atoms with Crippen LogP contribution in [0.2, 0.25) is 0 Å². The average molecular weight is 321 g/mol. The smallest absolute Gasteiger partial charge is 0.405 e. The number of allylic oxidation sites excluding steroid dienone is 1. The normalized spacial score (nSPS) is 18.7. The lowest BCUT2D eigenvalue weighted by Gasteiger charge is -2.30. The Morgan fingerprint density at radius 1 is 1.21 bits per heavy atom. The highest BCUT2D eigenvalue weighted by Crippen LogP contribution is 2.33. The zero-order valence-corrected chi connectivity index (χ0v) is 13.5. The second-order valence-electron chi connectivity index (χ2n) is 5.95. The third-order valence-corrected chi connectivity index (χ3v) is 4.46. The fourth-order valence-corrected chi connectivity index (χ4v) is 3.16. The van der Waals surface area contributed by atoms with Crippen LogP contribution in [0, 0.1) is 0 Å². The van der Waals surface area contributed by atoms with Crippen LogP contribution in [-0.2, 0) is 23.2 Å². The molecule has 0 saturated carbocycles. The van der Waals surface area contributed by atoms with E-state index in [0.29, 0.717) is 18.3 Å². The largest absolute Gasteiger partial charge is 0.465 e. The first-order valence-electron chi connectivity index (χ1n) is 7.96. The van der Waals surface area contributed by atoms with Crippen molar-refractivity contribution < 1.29 is 14.7 Å². The van der Waals surface area contributed by atoms with Gasteiger partial charge in [0.15, 0.2) is 6.29 Å². The molecule has 1 aliphatic carbocycles. The minimum Gasteiger partial charge on any atom is -0.465 e. The lowest BCUT2D eigenvalue weighted by atomic mass is 9.81. The van der Waals surface area contributed by atoms with Crippen LogP contribution in [0.4, 0.5) is 4.79 Å². The second kappa shape index (κ2) is 6.32. The van der Waals surface area contributed by atoms with E-state index < -0.39 is 11.6 Å². The Morgan fingerprint density at radius 2 is 1.92 bits per heavy atom. The van der Waals surface area contributed by atoms with Crippen LogP contribution in [0.5, 0.6) is 0 Å². The number of benzene rings is 2. The van der Waals surface area contributed by atoms with Crippen LogP contribution in [-0.4, -0.2) is 17.5 Å². The van der Waals surface area contributed by atoms with Crippen molar-refractivity contribution in [2.75, 3.05) is 0 Å². The van der Waals surface area contributed by atoms with Crippen LogP contribution < -0.4 is 5.32 Å². The highest BCUT2D eigenvalue weighted by molar-refractivity contribution is 5.81. The first-order chi connectivity index (χ1) is 11.6. The Morgan fingerprint density at radius 3 is 2.54 bits per heavy atom. The zero-order valence-electron chi connectivity index (χ0n) is 13.5. The molecular formula is C20H19NO3. The highest BCUT2D eigenvalue weighted by Gasteiger charge is 2.35. The van der Waals surface area contributed by atoms with Crippen molar-refractivity contribution in [1.29, 1.82) is 0 Å². The number of amides is 1. The van der Waals surface area contributed by atoms with Crippen molar-refractivity contribution in [2.45, 2.75) is 25.3 Å². The van der Waals surface area contributed by atoms with E-state index in [0.717, 1.165) is 23.1 Å². The van der Waals surface area contributed by atoms with E-state index >= 15 is 0 Å². The van der Waals surface area contributed by atoms with Crippen LogP contribution in [0.15, 0.2) is 54.6 Å². The highest BCUT2D eigenvalue weighted by atomic mass is 16.4. The molecule has 0 bridgehead atoms. The summed E-state index contributed by atoms with van der Waals surface area (Å²) < 4.78 is 0. The molecule has 1 aliphatic rings. The maximum atomic E-state index is 11.6. The van der Waals surface area contributed by atoms with Gasteiger partial charge in [-0.15, -0.1) is 0 Å². The van der Waals surface area contributed by atoms with Crippen molar-refractivity contribution in [2.24, 2.45) is 0 Å². The van der Waals surface area contributed by atoms with Crippen LogP contribution in [0.3, 0.4) is 0 Å². The van der Waals surface area contributed by atoms with Crippen LogP contribution in [0.25, 0.3) is 11.1 Å². The van der Waals surface area contributed by atoms with Crippen LogP contribution >= 0.6 is 0 Å². The Labute approximate surface area is 140 Å². The summed E-state index contributed by atoms with van der Waals surface area (Å²) in [6.07, 6.45) is 4.54. The van der Waals surface area contributed by atoms with Gasteiger partial charge in [-0.3, -0.25) is 4.79 Å². The van der Waals surface area contributed by atoms with E-state index in [1.165, 1.54) is 5.56 Å². The summed E-state index contributed by atoms with van der Waals surface area (Å²) in [5.74, 6) is 0. The SMILES string of the molecule is CCc1ccc(-c2ccc3c(c2)CC=C[C@]3(C=O)NC(=O)O)cc1. The molecule has 0 heterocycles. The Bertz CT molecular complexity index is 808. The maximum Gasteiger partial charge on any atom is 0.405 e. The predicted octanol–water partition coefficient (Wildman–Crippen LogP) is 3.69. The van der Waals surface area contributed by atoms with Gasteiger partial charge >= 0.3 is 6.09 Å². The average Bonchev–Trinajstić information content (AvgIpc) is 2.61. The third-order valence-electron chi connectivity index (χ3n) is 4.46. The molecule has 0 radical (unpaired) electrons. The lowest BCUT2D eigenvalue weighted by molar-refractivity contribution is -0.112. The number of carbonyl (C=O) groups is 2. The van der Waals surface area contributed by atoms with Crippen molar-refractivity contribution in [3.63, 3.8) is 0 Å². The molecule has 24 heavy (non-hydrogen) atoms. The van der Waals surface area contributed by atoms with Crippen molar-refractivity contribution in [3.05, 3.63) is 71.3 Å². The fourth-order valence-electron chi connectivity index (χ4n) is 3.16. The van der Waals surface area contributed by atoms with Gasteiger partial charge in [0.2, 0.25) is 0 Å². The summed E-state index contributed by atoms with van der Waals surface area (Å²) in [5.41, 5.74) is 3.79. The van der Waals surface area contributed by atoms with E-state index in [9.17, 15) is 9.59 Å². The predicted molar refractivity (Wildman–Crippen MR) is 93.0 cm³/mol. The summed E-state index contributed by atoms with van der Waals surface area (Å²) >= 11 is 0. The fraction of sp³-hybridized carbons (Fsp3) is 0.200. The summed E-state index contributed by atoms with van der Waals surface area (Å²) in [5, 5.41) is 11.4. The van der Waals surface area contributed by atoms with E-state index in [1.54, 1.807) is 6.08 Å². The van der Waals surface area contributed by atoms with Gasteiger partial charge in [0.25, 0.3) is 0 Å². The topological polar surface area (TPSA) is 66.4 Å². The van der Waals surface area contributed by atoms with Gasteiger partial charge in [-0.1, -0.05) is 61.5 Å². The number of aryl methyl sites for hydroxylation is 1. The summed E-state index contributed by atoms with van der Waals surface area (Å²) in [7, 11) is 0. The van der Waals surface area contributed by atoms with Crippen molar-refractivity contribution >= 4 is 12.4 Å². The van der Waals surface area contributed by atoms with E-state index in [1.807, 2.05) is 24.3 Å². The minimum atomic E-state index is -1.30. The van der Waals surface area contributed by atoms with Gasteiger partial charge in [-0.05, 0) is 40.7 Å². The lowest BCUT2D eigenvalue weighted by Crippen LogP contribution is -2.46. The number of carbonyl (C=O) groups excluding carboxylic acids is 1. The summed E-state index contributed by atoms with van der Waals surface area (Å²) in [6.45, 7) is 2.12. The second-order valence-corrected chi connectivity index (χ2v) is 5.95. The van der Waals surface area contributed by atoms with Gasteiger partial charge in [0, 0.05) is 0 Å². The molecule has 3 rings (SSSR count). The Balaban J connectivity index is 2.02. The molecule has 0 aromatic heterocycles. The number of nitrogens with one attached hydrogen (secondary N) is 1. The summed E-state index contributed by atoms with van der Waals surface area (Å²) in [4.78, 5) is 22.7. The molecule has 0 saturated heterocycles. The number of carboxylic acid groups (broad SMARTS) is 1.